The number of carbonyl (C=O) groups is 1. The fraction of sp³-hybridized carbons (Fsp3) is 0.550. The average Bonchev–Trinajstić information content (AvgIpc) is 2.76. The van der Waals surface area contributed by atoms with Crippen molar-refractivity contribution < 1.29 is 9.53 Å². The van der Waals surface area contributed by atoms with Crippen LogP contribution in [0.5, 0.6) is 5.75 Å². The Kier molecular flexibility index (Phi) is 4.47. The van der Waals surface area contributed by atoms with Gasteiger partial charge in [0.05, 0.1) is 5.70 Å². The number of carbonyl (C=O) groups excluding carboxylic acids is 1. The lowest BCUT2D eigenvalue weighted by molar-refractivity contribution is -0.118. The van der Waals surface area contributed by atoms with Gasteiger partial charge in [0.2, 0.25) is 0 Å². The molecule has 0 atom stereocenters. The number of hydrogen-bond donors (Lipinski definition) is 1. The van der Waals surface area contributed by atoms with Crippen LogP contribution < -0.4 is 10.1 Å². The minimum atomic E-state index is -0.502. The molecule has 1 N–H and O–H groups in total. The van der Waals surface area contributed by atoms with Crippen LogP contribution >= 0.6 is 0 Å². The Hall–Kier alpha value is -1.77. The molecule has 0 bridgehead atoms. The molecule has 1 heterocycles. The smallest absolute Gasteiger partial charge is 0.175 e. The summed E-state index contributed by atoms with van der Waals surface area (Å²) in [7, 11) is 0. The molecule has 3 heteroatoms. The molecule has 23 heavy (non-hydrogen) atoms. The van der Waals surface area contributed by atoms with E-state index in [2.05, 4.69) is 18.3 Å². The lowest BCUT2D eigenvalue weighted by atomic mass is 9.93. The number of ether oxygens (including phenoxy) is 1. The van der Waals surface area contributed by atoms with Gasteiger partial charge in [0, 0.05) is 17.6 Å². The molecule has 0 aromatic heterocycles. The van der Waals surface area contributed by atoms with Gasteiger partial charge in [0.15, 0.2) is 11.5 Å². The Labute approximate surface area is 139 Å². The molecular formula is C20H27NO2. The quantitative estimate of drug-likeness (QED) is 0.641. The highest BCUT2D eigenvalue weighted by atomic mass is 16.5. The molecule has 1 saturated carbocycles. The maximum Gasteiger partial charge on any atom is 0.175 e. The van der Waals surface area contributed by atoms with Gasteiger partial charge in [0.25, 0.3) is 0 Å². The maximum atomic E-state index is 12.8. The SMILES string of the molecule is Cc1ccc2c(c1)/C(=C/C(=O)C1CCCCCC1)NC(C)(C)O2. The first-order valence-corrected chi connectivity index (χ1v) is 8.78. The number of ketones is 1. The van der Waals surface area contributed by atoms with Gasteiger partial charge in [-0.1, -0.05) is 37.3 Å². The summed E-state index contributed by atoms with van der Waals surface area (Å²) in [5, 5.41) is 3.38. The summed E-state index contributed by atoms with van der Waals surface area (Å²) < 4.78 is 5.99. The number of rotatable bonds is 2. The van der Waals surface area contributed by atoms with E-state index in [0.29, 0.717) is 0 Å². The van der Waals surface area contributed by atoms with Gasteiger partial charge >= 0.3 is 0 Å². The maximum absolute atomic E-state index is 12.8. The standard InChI is InChI=1S/C20H27NO2/c1-14-10-11-19-16(12-14)17(21-20(2,3)23-19)13-18(22)15-8-6-4-5-7-9-15/h10-13,15,21H,4-9H2,1-3H3/b17-13-. The van der Waals surface area contributed by atoms with E-state index in [1.165, 1.54) is 31.2 Å². The fourth-order valence-electron chi connectivity index (χ4n) is 3.57. The molecule has 1 aromatic carbocycles. The molecule has 3 nitrogen and oxygen atoms in total. The summed E-state index contributed by atoms with van der Waals surface area (Å²) in [6, 6.07) is 6.13. The van der Waals surface area contributed by atoms with Crippen molar-refractivity contribution in [1.29, 1.82) is 0 Å². The van der Waals surface area contributed by atoms with Gasteiger partial charge in [-0.3, -0.25) is 4.79 Å². The van der Waals surface area contributed by atoms with Gasteiger partial charge < -0.3 is 10.1 Å². The molecule has 1 fully saturated rings. The minimum absolute atomic E-state index is 0.186. The van der Waals surface area contributed by atoms with Crippen LogP contribution in [0.1, 0.15) is 63.5 Å². The minimum Gasteiger partial charge on any atom is -0.468 e. The lowest BCUT2D eigenvalue weighted by Gasteiger charge is -2.36. The number of hydrogen-bond acceptors (Lipinski definition) is 3. The van der Waals surface area contributed by atoms with E-state index in [0.717, 1.165) is 29.9 Å². The summed E-state index contributed by atoms with van der Waals surface area (Å²) in [6.45, 7) is 6.03. The summed E-state index contributed by atoms with van der Waals surface area (Å²) in [5.41, 5.74) is 2.56. The summed E-state index contributed by atoms with van der Waals surface area (Å²) in [6.07, 6.45) is 8.77. The predicted octanol–water partition coefficient (Wildman–Crippen LogP) is 4.59. The molecule has 3 rings (SSSR count). The van der Waals surface area contributed by atoms with Crippen molar-refractivity contribution in [1.82, 2.24) is 5.32 Å². The van der Waals surface area contributed by atoms with Crippen LogP contribution in [0, 0.1) is 12.8 Å². The largest absolute Gasteiger partial charge is 0.468 e. The third kappa shape index (κ3) is 3.77. The molecular weight excluding hydrogens is 286 g/mol. The average molecular weight is 313 g/mol. The van der Waals surface area contributed by atoms with Crippen LogP contribution in [0.15, 0.2) is 24.3 Å². The first kappa shape index (κ1) is 16.1. The number of fused-ring (bicyclic) bond motifs is 1. The van der Waals surface area contributed by atoms with Crippen LogP contribution in [0.2, 0.25) is 0 Å². The van der Waals surface area contributed by atoms with Crippen molar-refractivity contribution in [3.05, 3.63) is 35.4 Å². The summed E-state index contributed by atoms with van der Waals surface area (Å²) in [4.78, 5) is 12.8. The molecule has 1 aromatic rings. The molecule has 2 aliphatic rings. The number of benzene rings is 1. The zero-order valence-electron chi connectivity index (χ0n) is 14.4. The molecule has 0 radical (unpaired) electrons. The highest BCUT2D eigenvalue weighted by Gasteiger charge is 2.30. The van der Waals surface area contributed by atoms with Gasteiger partial charge in [0.1, 0.15) is 5.75 Å². The Morgan fingerprint density at radius 2 is 1.91 bits per heavy atom. The van der Waals surface area contributed by atoms with Gasteiger partial charge in [-0.2, -0.15) is 0 Å². The molecule has 1 aliphatic carbocycles. The Bertz CT molecular complexity index is 623. The first-order chi connectivity index (χ1) is 10.9. The topological polar surface area (TPSA) is 38.3 Å². The summed E-state index contributed by atoms with van der Waals surface area (Å²) in [5.74, 6) is 1.30. The molecule has 0 saturated heterocycles. The second-order valence-electron chi connectivity index (χ2n) is 7.39. The van der Waals surface area contributed by atoms with E-state index in [-0.39, 0.29) is 11.7 Å². The molecule has 1 aliphatic heterocycles. The van der Waals surface area contributed by atoms with Crippen molar-refractivity contribution in [3.63, 3.8) is 0 Å². The van der Waals surface area contributed by atoms with Crippen molar-refractivity contribution in [2.75, 3.05) is 0 Å². The Morgan fingerprint density at radius 3 is 2.61 bits per heavy atom. The highest BCUT2D eigenvalue weighted by molar-refractivity contribution is 5.98. The zero-order chi connectivity index (χ0) is 16.4. The van der Waals surface area contributed by atoms with Gasteiger partial charge in [-0.15, -0.1) is 0 Å². The summed E-state index contributed by atoms with van der Waals surface area (Å²) >= 11 is 0. The van der Waals surface area contributed by atoms with E-state index in [1.54, 1.807) is 0 Å². The van der Waals surface area contributed by atoms with Gasteiger partial charge in [-0.05, 0) is 45.7 Å². The zero-order valence-corrected chi connectivity index (χ0v) is 14.4. The number of aryl methyl sites for hydroxylation is 1. The van der Waals surface area contributed by atoms with E-state index >= 15 is 0 Å². The van der Waals surface area contributed by atoms with E-state index in [4.69, 9.17) is 4.74 Å². The third-order valence-corrected chi connectivity index (χ3v) is 4.77. The lowest BCUT2D eigenvalue weighted by Crippen LogP contribution is -2.46. The van der Waals surface area contributed by atoms with Gasteiger partial charge in [-0.25, -0.2) is 0 Å². The Morgan fingerprint density at radius 1 is 1.22 bits per heavy atom. The van der Waals surface area contributed by atoms with E-state index in [9.17, 15) is 4.79 Å². The molecule has 124 valence electrons. The van der Waals surface area contributed by atoms with Crippen molar-refractivity contribution in [3.8, 4) is 5.75 Å². The molecule has 0 spiro atoms. The van der Waals surface area contributed by atoms with Crippen LogP contribution in [0.3, 0.4) is 0 Å². The van der Waals surface area contributed by atoms with E-state index in [1.807, 2.05) is 32.1 Å². The van der Waals surface area contributed by atoms with Crippen molar-refractivity contribution in [2.24, 2.45) is 5.92 Å². The highest BCUT2D eigenvalue weighted by Crippen LogP contribution is 2.35. The molecule has 0 amide bonds. The second-order valence-corrected chi connectivity index (χ2v) is 7.39. The monoisotopic (exact) mass is 313 g/mol. The normalized spacial score (nSPS) is 22.7. The number of allylic oxidation sites excluding steroid dienone is 1. The predicted molar refractivity (Wildman–Crippen MR) is 93.2 cm³/mol. The molecule has 0 unspecified atom stereocenters. The van der Waals surface area contributed by atoms with Crippen LogP contribution in [0.25, 0.3) is 5.70 Å². The fourth-order valence-corrected chi connectivity index (χ4v) is 3.57. The number of nitrogens with one attached hydrogen (secondary N) is 1. The van der Waals surface area contributed by atoms with E-state index < -0.39 is 5.72 Å². The van der Waals surface area contributed by atoms with Crippen LogP contribution in [-0.4, -0.2) is 11.5 Å². The van der Waals surface area contributed by atoms with Crippen molar-refractivity contribution >= 4 is 11.5 Å². The van der Waals surface area contributed by atoms with Crippen molar-refractivity contribution in [2.45, 2.75) is 65.0 Å². The van der Waals surface area contributed by atoms with Crippen LogP contribution in [-0.2, 0) is 4.79 Å². The third-order valence-electron chi connectivity index (χ3n) is 4.77. The Balaban J connectivity index is 1.91. The first-order valence-electron chi connectivity index (χ1n) is 8.78. The second kappa shape index (κ2) is 6.38. The van der Waals surface area contributed by atoms with Crippen LogP contribution in [0.4, 0.5) is 0 Å².